The lowest BCUT2D eigenvalue weighted by atomic mass is 10.0. The molecule has 1 aromatic carbocycles. The number of benzene rings is 1. The molecule has 2 aromatic heterocycles. The van der Waals surface area contributed by atoms with E-state index in [-0.39, 0.29) is 33.8 Å². The van der Waals surface area contributed by atoms with Crippen LogP contribution in [0.5, 0.6) is 0 Å². The Morgan fingerprint density at radius 3 is 2.81 bits per heavy atom. The molecular weight excluding hydrogens is 373 g/mol. The Morgan fingerprint density at radius 2 is 2.11 bits per heavy atom. The Balaban J connectivity index is 1.76. The lowest BCUT2D eigenvalue weighted by Crippen LogP contribution is -2.31. The van der Waals surface area contributed by atoms with Crippen LogP contribution >= 0.6 is 11.6 Å². The predicted octanol–water partition coefficient (Wildman–Crippen LogP) is 4.72. The molecule has 6 nitrogen and oxygen atoms in total. The van der Waals surface area contributed by atoms with Gasteiger partial charge < -0.3 is 13.9 Å². The standard InChI is InChI=1S/C19H17ClFN3O3/c1-10-9-15(27-22-10)14-7-4-8-24(14)19(25)16-11(2)26-23-18(16)17-12(20)5-3-6-13(17)21/h3,5-6,9,14H,4,7-8H2,1-2H3/t14-/m0/s1. The maximum absolute atomic E-state index is 14.4. The van der Waals surface area contributed by atoms with Crippen molar-refractivity contribution in [3.05, 3.63) is 57.9 Å². The molecule has 140 valence electrons. The molecule has 1 amide bonds. The maximum Gasteiger partial charge on any atom is 0.260 e. The molecule has 1 saturated heterocycles. The monoisotopic (exact) mass is 389 g/mol. The molecule has 27 heavy (non-hydrogen) atoms. The van der Waals surface area contributed by atoms with Gasteiger partial charge in [-0.1, -0.05) is 28.0 Å². The number of halogens is 2. The molecule has 1 aliphatic rings. The molecule has 0 radical (unpaired) electrons. The average molecular weight is 390 g/mol. The summed E-state index contributed by atoms with van der Waals surface area (Å²) in [5.74, 6) is 0.0972. The fourth-order valence-electron chi connectivity index (χ4n) is 3.51. The van der Waals surface area contributed by atoms with Gasteiger partial charge in [0.1, 0.15) is 22.8 Å². The maximum atomic E-state index is 14.4. The van der Waals surface area contributed by atoms with E-state index in [1.807, 2.05) is 13.0 Å². The van der Waals surface area contributed by atoms with Crippen molar-refractivity contribution in [3.8, 4) is 11.3 Å². The van der Waals surface area contributed by atoms with Gasteiger partial charge in [-0.15, -0.1) is 0 Å². The summed E-state index contributed by atoms with van der Waals surface area (Å²) in [6, 6.07) is 5.92. The van der Waals surface area contributed by atoms with Gasteiger partial charge in [0.25, 0.3) is 5.91 Å². The number of carbonyl (C=O) groups excluding carboxylic acids is 1. The lowest BCUT2D eigenvalue weighted by Gasteiger charge is -2.22. The molecular formula is C19H17ClFN3O3. The van der Waals surface area contributed by atoms with Crippen molar-refractivity contribution in [2.24, 2.45) is 0 Å². The summed E-state index contributed by atoms with van der Waals surface area (Å²) in [4.78, 5) is 15.0. The SMILES string of the molecule is Cc1cc([C@@H]2CCCN2C(=O)c2c(-c3c(F)cccc3Cl)noc2C)on1. The van der Waals surface area contributed by atoms with E-state index in [1.165, 1.54) is 12.1 Å². The van der Waals surface area contributed by atoms with Crippen LogP contribution in [-0.2, 0) is 0 Å². The topological polar surface area (TPSA) is 72.4 Å². The van der Waals surface area contributed by atoms with E-state index >= 15 is 0 Å². The highest BCUT2D eigenvalue weighted by Crippen LogP contribution is 2.38. The van der Waals surface area contributed by atoms with Gasteiger partial charge in [-0.3, -0.25) is 4.79 Å². The number of carbonyl (C=O) groups is 1. The number of aryl methyl sites for hydroxylation is 2. The van der Waals surface area contributed by atoms with E-state index in [4.69, 9.17) is 20.6 Å². The zero-order valence-electron chi connectivity index (χ0n) is 14.8. The van der Waals surface area contributed by atoms with Crippen LogP contribution in [-0.4, -0.2) is 27.7 Å². The van der Waals surface area contributed by atoms with Crippen molar-refractivity contribution in [1.29, 1.82) is 0 Å². The third-order valence-electron chi connectivity index (χ3n) is 4.76. The molecule has 0 unspecified atom stereocenters. The molecule has 0 saturated carbocycles. The van der Waals surface area contributed by atoms with Crippen molar-refractivity contribution in [2.75, 3.05) is 6.54 Å². The first-order valence-corrected chi connectivity index (χ1v) is 9.00. The zero-order valence-corrected chi connectivity index (χ0v) is 15.6. The van der Waals surface area contributed by atoms with Crippen LogP contribution in [0.15, 0.2) is 33.3 Å². The summed E-state index contributed by atoms with van der Waals surface area (Å²) in [5, 5.41) is 8.00. The first-order valence-electron chi connectivity index (χ1n) is 8.62. The largest absolute Gasteiger partial charge is 0.360 e. The highest BCUT2D eigenvalue weighted by molar-refractivity contribution is 6.33. The quantitative estimate of drug-likeness (QED) is 0.648. The zero-order chi connectivity index (χ0) is 19.1. The van der Waals surface area contributed by atoms with Crippen LogP contribution in [0.25, 0.3) is 11.3 Å². The van der Waals surface area contributed by atoms with Gasteiger partial charge in [-0.05, 0) is 38.8 Å². The van der Waals surface area contributed by atoms with Crippen molar-refractivity contribution < 1.29 is 18.2 Å². The van der Waals surface area contributed by atoms with Crippen molar-refractivity contribution in [3.63, 3.8) is 0 Å². The second kappa shape index (κ2) is 6.81. The molecule has 4 rings (SSSR count). The summed E-state index contributed by atoms with van der Waals surface area (Å²) >= 11 is 6.17. The van der Waals surface area contributed by atoms with Crippen LogP contribution in [0.4, 0.5) is 4.39 Å². The first-order chi connectivity index (χ1) is 13.0. The fourth-order valence-corrected chi connectivity index (χ4v) is 3.76. The molecule has 0 bridgehead atoms. The normalized spacial score (nSPS) is 16.9. The Labute approximate surface area is 159 Å². The third kappa shape index (κ3) is 3.02. The summed E-state index contributed by atoms with van der Waals surface area (Å²) in [5.41, 5.74) is 1.14. The molecule has 1 aliphatic heterocycles. The van der Waals surface area contributed by atoms with Crippen LogP contribution in [0.2, 0.25) is 5.02 Å². The number of likely N-dealkylation sites (tertiary alicyclic amines) is 1. The molecule has 3 aromatic rings. The Kier molecular flexibility index (Phi) is 4.47. The molecule has 8 heteroatoms. The average Bonchev–Trinajstić information content (AvgIpc) is 3.34. The number of rotatable bonds is 3. The number of hydrogen-bond donors (Lipinski definition) is 0. The summed E-state index contributed by atoms with van der Waals surface area (Å²) in [6.45, 7) is 4.01. The summed E-state index contributed by atoms with van der Waals surface area (Å²) in [7, 11) is 0. The number of nitrogens with zero attached hydrogens (tertiary/aromatic N) is 3. The van der Waals surface area contributed by atoms with Gasteiger partial charge in [0.2, 0.25) is 0 Å². The van der Waals surface area contributed by atoms with E-state index < -0.39 is 5.82 Å². The van der Waals surface area contributed by atoms with Gasteiger partial charge in [-0.25, -0.2) is 4.39 Å². The van der Waals surface area contributed by atoms with Gasteiger partial charge in [-0.2, -0.15) is 0 Å². The van der Waals surface area contributed by atoms with Crippen LogP contribution < -0.4 is 0 Å². The molecule has 0 N–H and O–H groups in total. The van der Waals surface area contributed by atoms with Crippen LogP contribution in [0.3, 0.4) is 0 Å². The van der Waals surface area contributed by atoms with Crippen molar-refractivity contribution >= 4 is 17.5 Å². The molecule has 1 atom stereocenters. The summed E-state index contributed by atoms with van der Waals surface area (Å²) in [6.07, 6.45) is 1.59. The van der Waals surface area contributed by atoms with E-state index in [1.54, 1.807) is 17.9 Å². The predicted molar refractivity (Wildman–Crippen MR) is 95.9 cm³/mol. The molecule has 1 fully saturated rings. The number of hydrogen-bond acceptors (Lipinski definition) is 5. The lowest BCUT2D eigenvalue weighted by molar-refractivity contribution is 0.0713. The Hall–Kier alpha value is -2.67. The Bertz CT molecular complexity index is 993. The van der Waals surface area contributed by atoms with Gasteiger partial charge in [0.15, 0.2) is 5.76 Å². The molecule has 3 heterocycles. The van der Waals surface area contributed by atoms with Crippen LogP contribution in [0.1, 0.15) is 46.5 Å². The highest BCUT2D eigenvalue weighted by Gasteiger charge is 2.37. The van der Waals surface area contributed by atoms with Crippen molar-refractivity contribution in [2.45, 2.75) is 32.7 Å². The number of aromatic nitrogens is 2. The Morgan fingerprint density at radius 1 is 1.30 bits per heavy atom. The van der Waals surface area contributed by atoms with E-state index in [0.717, 1.165) is 18.5 Å². The second-order valence-corrected chi connectivity index (χ2v) is 6.99. The minimum Gasteiger partial charge on any atom is -0.360 e. The third-order valence-corrected chi connectivity index (χ3v) is 5.08. The molecule has 0 spiro atoms. The van der Waals surface area contributed by atoms with Crippen LogP contribution in [0, 0.1) is 19.7 Å². The fraction of sp³-hybridized carbons (Fsp3) is 0.316. The molecule has 0 aliphatic carbocycles. The van der Waals surface area contributed by atoms with E-state index in [2.05, 4.69) is 10.3 Å². The van der Waals surface area contributed by atoms with E-state index in [0.29, 0.717) is 18.1 Å². The minimum absolute atomic E-state index is 0.0608. The van der Waals surface area contributed by atoms with Gasteiger partial charge in [0, 0.05) is 12.6 Å². The minimum atomic E-state index is -0.561. The van der Waals surface area contributed by atoms with Gasteiger partial charge in [0.05, 0.1) is 22.3 Å². The second-order valence-electron chi connectivity index (χ2n) is 6.59. The summed E-state index contributed by atoms with van der Waals surface area (Å²) < 4.78 is 25.0. The number of amides is 1. The van der Waals surface area contributed by atoms with Gasteiger partial charge >= 0.3 is 0 Å². The first kappa shape index (κ1) is 17.7. The highest BCUT2D eigenvalue weighted by atomic mass is 35.5. The van der Waals surface area contributed by atoms with E-state index in [9.17, 15) is 9.18 Å². The van der Waals surface area contributed by atoms with Crippen molar-refractivity contribution in [1.82, 2.24) is 15.2 Å². The smallest absolute Gasteiger partial charge is 0.260 e.